The monoisotopic (exact) mass is 544 g/mol. The van der Waals surface area contributed by atoms with Crippen LogP contribution in [0.3, 0.4) is 0 Å². The summed E-state index contributed by atoms with van der Waals surface area (Å²) in [7, 11) is 0. The van der Waals surface area contributed by atoms with E-state index in [1.165, 1.54) is 0 Å². The zero-order valence-corrected chi connectivity index (χ0v) is 21.9. The van der Waals surface area contributed by atoms with Crippen LogP contribution < -0.4 is 14.8 Å². The molecule has 1 fully saturated rings. The summed E-state index contributed by atoms with van der Waals surface area (Å²) in [4.78, 5) is 26.6. The van der Waals surface area contributed by atoms with Crippen molar-refractivity contribution in [3.8, 4) is 11.5 Å². The maximum atomic E-state index is 12.9. The van der Waals surface area contributed by atoms with Gasteiger partial charge < -0.3 is 14.8 Å². The third kappa shape index (κ3) is 5.95. The minimum atomic E-state index is -0.484. The van der Waals surface area contributed by atoms with E-state index in [9.17, 15) is 9.59 Å². The molecule has 0 spiro atoms. The van der Waals surface area contributed by atoms with E-state index in [4.69, 9.17) is 44.3 Å². The molecule has 1 saturated heterocycles. The molecule has 3 aromatic rings. The first-order valence-corrected chi connectivity index (χ1v) is 12.3. The number of ether oxygens (including phenoxy) is 2. The van der Waals surface area contributed by atoms with Crippen LogP contribution >= 0.6 is 34.8 Å². The molecule has 0 radical (unpaired) electrons. The SMILES string of the molecule is CCOc1cc(/C=C2/NC(=O)N(Cc3ccc(C)cc3)C2=O)cc(Cl)c1OCc1ccc(Cl)cc1Cl. The van der Waals surface area contributed by atoms with Crippen LogP contribution in [0, 0.1) is 6.92 Å². The topological polar surface area (TPSA) is 67.9 Å². The van der Waals surface area contributed by atoms with Gasteiger partial charge in [-0.05, 0) is 55.3 Å². The molecule has 1 aliphatic rings. The summed E-state index contributed by atoms with van der Waals surface area (Å²) < 4.78 is 11.7. The van der Waals surface area contributed by atoms with Gasteiger partial charge in [-0.2, -0.15) is 0 Å². The number of nitrogens with one attached hydrogen (secondary N) is 1. The molecule has 3 aromatic carbocycles. The summed E-state index contributed by atoms with van der Waals surface area (Å²) in [6.45, 7) is 4.51. The molecule has 3 amide bonds. The minimum absolute atomic E-state index is 0.146. The molecule has 4 rings (SSSR count). The average molecular weight is 546 g/mol. The Labute approximate surface area is 224 Å². The van der Waals surface area contributed by atoms with Crippen molar-refractivity contribution >= 4 is 52.8 Å². The van der Waals surface area contributed by atoms with Crippen LogP contribution in [0.1, 0.15) is 29.2 Å². The molecule has 0 aliphatic carbocycles. The fraction of sp³-hybridized carbons (Fsp3) is 0.185. The first-order valence-electron chi connectivity index (χ1n) is 11.2. The number of urea groups is 1. The number of amides is 3. The number of carbonyl (C=O) groups is 2. The molecule has 1 heterocycles. The highest BCUT2D eigenvalue weighted by atomic mass is 35.5. The van der Waals surface area contributed by atoms with Gasteiger partial charge in [0.1, 0.15) is 12.3 Å². The van der Waals surface area contributed by atoms with Gasteiger partial charge in [-0.1, -0.05) is 70.7 Å². The van der Waals surface area contributed by atoms with Crippen molar-refractivity contribution in [1.29, 1.82) is 0 Å². The zero-order chi connectivity index (χ0) is 25.8. The van der Waals surface area contributed by atoms with Crippen molar-refractivity contribution in [2.45, 2.75) is 27.0 Å². The van der Waals surface area contributed by atoms with Crippen molar-refractivity contribution < 1.29 is 19.1 Å². The molecular weight excluding hydrogens is 523 g/mol. The molecular formula is C27H23Cl3N2O4. The Bertz CT molecular complexity index is 1340. The van der Waals surface area contributed by atoms with Gasteiger partial charge in [0.05, 0.1) is 18.2 Å². The third-order valence-electron chi connectivity index (χ3n) is 5.45. The number of hydrogen-bond donors (Lipinski definition) is 1. The molecule has 0 saturated carbocycles. The van der Waals surface area contributed by atoms with E-state index in [1.807, 2.05) is 38.1 Å². The van der Waals surface area contributed by atoms with E-state index < -0.39 is 11.9 Å². The summed E-state index contributed by atoms with van der Waals surface area (Å²) in [5.41, 5.74) is 3.41. The van der Waals surface area contributed by atoms with E-state index in [0.717, 1.165) is 21.6 Å². The number of halogens is 3. The van der Waals surface area contributed by atoms with Gasteiger partial charge in [-0.25, -0.2) is 4.79 Å². The number of aryl methyl sites for hydroxylation is 1. The molecule has 0 atom stereocenters. The summed E-state index contributed by atoms with van der Waals surface area (Å²) >= 11 is 18.7. The van der Waals surface area contributed by atoms with Crippen LogP contribution in [0.2, 0.25) is 15.1 Å². The first-order chi connectivity index (χ1) is 17.2. The highest BCUT2D eigenvalue weighted by molar-refractivity contribution is 6.35. The molecule has 36 heavy (non-hydrogen) atoms. The van der Waals surface area contributed by atoms with Gasteiger partial charge >= 0.3 is 6.03 Å². The minimum Gasteiger partial charge on any atom is -0.490 e. The highest BCUT2D eigenvalue weighted by Crippen LogP contribution is 2.38. The average Bonchev–Trinajstić information content (AvgIpc) is 3.08. The Morgan fingerprint density at radius 2 is 1.69 bits per heavy atom. The number of carbonyl (C=O) groups excluding carboxylic acids is 2. The number of benzene rings is 3. The van der Waals surface area contributed by atoms with Gasteiger partial charge in [0.15, 0.2) is 11.5 Å². The summed E-state index contributed by atoms with van der Waals surface area (Å²) in [6.07, 6.45) is 1.56. The Morgan fingerprint density at radius 1 is 0.944 bits per heavy atom. The molecule has 9 heteroatoms. The van der Waals surface area contributed by atoms with Gasteiger partial charge in [-0.3, -0.25) is 9.69 Å². The molecule has 0 bridgehead atoms. The number of hydrogen-bond acceptors (Lipinski definition) is 4. The zero-order valence-electron chi connectivity index (χ0n) is 19.6. The lowest BCUT2D eigenvalue weighted by Gasteiger charge is -2.15. The number of imide groups is 1. The fourth-order valence-corrected chi connectivity index (χ4v) is 4.36. The smallest absolute Gasteiger partial charge is 0.329 e. The highest BCUT2D eigenvalue weighted by Gasteiger charge is 2.33. The number of rotatable bonds is 8. The first kappa shape index (κ1) is 25.9. The van der Waals surface area contributed by atoms with E-state index >= 15 is 0 Å². The van der Waals surface area contributed by atoms with Crippen molar-refractivity contribution in [2.24, 2.45) is 0 Å². The van der Waals surface area contributed by atoms with Gasteiger partial charge in [0.25, 0.3) is 5.91 Å². The van der Waals surface area contributed by atoms with E-state index in [1.54, 1.807) is 36.4 Å². The Morgan fingerprint density at radius 3 is 2.39 bits per heavy atom. The normalized spacial score (nSPS) is 14.4. The second-order valence-corrected chi connectivity index (χ2v) is 9.40. The molecule has 0 aromatic heterocycles. The predicted molar refractivity (Wildman–Crippen MR) is 142 cm³/mol. The van der Waals surface area contributed by atoms with Crippen LogP contribution in [0.5, 0.6) is 11.5 Å². The van der Waals surface area contributed by atoms with Crippen LogP contribution in [0.4, 0.5) is 4.79 Å². The second kappa shape index (κ2) is 11.2. The fourth-order valence-electron chi connectivity index (χ4n) is 3.62. The molecule has 186 valence electrons. The Balaban J connectivity index is 1.55. The molecule has 0 unspecified atom stereocenters. The standard InChI is InChI=1S/C27H23Cl3N2O4/c1-3-35-24-12-18(10-22(30)25(24)36-15-19-8-9-20(28)13-21(19)29)11-23-26(33)32(27(34)31-23)14-17-6-4-16(2)5-7-17/h4-13H,3,14-15H2,1-2H3,(H,31,34)/b23-11+. The lowest BCUT2D eigenvalue weighted by molar-refractivity contribution is -0.123. The number of nitrogens with zero attached hydrogens (tertiary/aromatic N) is 1. The predicted octanol–water partition coefficient (Wildman–Crippen LogP) is 7.03. The Kier molecular flexibility index (Phi) is 8.09. The van der Waals surface area contributed by atoms with Crippen LogP contribution in [0.15, 0.2) is 60.3 Å². The van der Waals surface area contributed by atoms with E-state index in [0.29, 0.717) is 33.7 Å². The largest absolute Gasteiger partial charge is 0.490 e. The summed E-state index contributed by atoms with van der Waals surface area (Å²) in [6, 6.07) is 15.6. The maximum Gasteiger partial charge on any atom is 0.329 e. The second-order valence-electron chi connectivity index (χ2n) is 8.15. The van der Waals surface area contributed by atoms with Crippen LogP contribution in [-0.2, 0) is 17.9 Å². The molecule has 6 nitrogen and oxygen atoms in total. The molecule has 1 N–H and O–H groups in total. The molecule has 1 aliphatic heterocycles. The van der Waals surface area contributed by atoms with Crippen LogP contribution in [-0.4, -0.2) is 23.4 Å². The van der Waals surface area contributed by atoms with E-state index in [-0.39, 0.29) is 23.9 Å². The van der Waals surface area contributed by atoms with Crippen molar-refractivity contribution in [1.82, 2.24) is 10.2 Å². The lowest BCUT2D eigenvalue weighted by atomic mass is 10.1. The maximum absolute atomic E-state index is 12.9. The van der Waals surface area contributed by atoms with Gasteiger partial charge in [0, 0.05) is 15.6 Å². The van der Waals surface area contributed by atoms with Crippen molar-refractivity contribution in [2.75, 3.05) is 6.61 Å². The summed E-state index contributed by atoms with van der Waals surface area (Å²) in [5.74, 6) is 0.317. The third-order valence-corrected chi connectivity index (χ3v) is 6.32. The van der Waals surface area contributed by atoms with Gasteiger partial charge in [-0.15, -0.1) is 0 Å². The van der Waals surface area contributed by atoms with E-state index in [2.05, 4.69) is 5.32 Å². The quantitative estimate of drug-likeness (QED) is 0.244. The Hall–Kier alpha value is -3.19. The van der Waals surface area contributed by atoms with Crippen molar-refractivity contribution in [3.63, 3.8) is 0 Å². The summed E-state index contributed by atoms with van der Waals surface area (Å²) in [5, 5.41) is 3.92. The van der Waals surface area contributed by atoms with Crippen molar-refractivity contribution in [3.05, 3.63) is 97.6 Å². The van der Waals surface area contributed by atoms with Crippen LogP contribution in [0.25, 0.3) is 6.08 Å². The van der Waals surface area contributed by atoms with Gasteiger partial charge in [0.2, 0.25) is 0 Å². The lowest BCUT2D eigenvalue weighted by Crippen LogP contribution is -2.30.